The first-order chi connectivity index (χ1) is 12.1. The number of aryl methyl sites for hydroxylation is 1. The predicted molar refractivity (Wildman–Crippen MR) is 104 cm³/mol. The molecule has 0 saturated carbocycles. The van der Waals surface area contributed by atoms with E-state index >= 15 is 0 Å². The van der Waals surface area contributed by atoms with Gasteiger partial charge in [0.05, 0.1) is 22.8 Å². The minimum Gasteiger partial charge on any atom is -0.349 e. The standard InChI is InChI=1S/C19H20ClN3OS/c1-3-23-17-10-5-4-9-16(17)22-19(23)25-12-18(24)21-13(2)14-7-6-8-15(20)11-14/h4-11,13H,3,12H2,1-2H3,(H,21,24). The SMILES string of the molecule is CCn1c(SCC(=O)NC(C)c2cccc(Cl)c2)nc2ccccc21. The molecule has 1 heterocycles. The van der Waals surface area contributed by atoms with Gasteiger partial charge in [-0.2, -0.15) is 0 Å². The molecule has 1 N–H and O–H groups in total. The van der Waals surface area contributed by atoms with Crippen molar-refractivity contribution in [1.29, 1.82) is 0 Å². The van der Waals surface area contributed by atoms with Crippen LogP contribution < -0.4 is 5.32 Å². The van der Waals surface area contributed by atoms with Crippen LogP contribution in [0.1, 0.15) is 25.5 Å². The Kier molecular flexibility index (Phi) is 5.66. The van der Waals surface area contributed by atoms with Crippen LogP contribution in [0.4, 0.5) is 0 Å². The molecule has 6 heteroatoms. The number of fused-ring (bicyclic) bond motifs is 1. The largest absolute Gasteiger partial charge is 0.349 e. The average molecular weight is 374 g/mol. The molecule has 0 radical (unpaired) electrons. The average Bonchev–Trinajstić information content (AvgIpc) is 2.97. The summed E-state index contributed by atoms with van der Waals surface area (Å²) in [5, 5.41) is 4.55. The molecule has 0 saturated heterocycles. The number of para-hydroxylation sites is 2. The lowest BCUT2D eigenvalue weighted by Crippen LogP contribution is -2.28. The Bertz CT molecular complexity index is 893. The zero-order valence-corrected chi connectivity index (χ0v) is 15.8. The Morgan fingerprint density at radius 2 is 2.08 bits per heavy atom. The van der Waals surface area contributed by atoms with Crippen LogP contribution in [0, 0.1) is 0 Å². The van der Waals surface area contributed by atoms with Crippen LogP contribution in [-0.2, 0) is 11.3 Å². The monoisotopic (exact) mass is 373 g/mol. The fourth-order valence-corrected chi connectivity index (χ4v) is 3.83. The van der Waals surface area contributed by atoms with E-state index < -0.39 is 0 Å². The van der Waals surface area contributed by atoms with Crippen molar-refractivity contribution in [2.75, 3.05) is 5.75 Å². The second kappa shape index (κ2) is 7.93. The number of rotatable bonds is 6. The highest BCUT2D eigenvalue weighted by molar-refractivity contribution is 7.99. The van der Waals surface area contributed by atoms with Gasteiger partial charge in [0.1, 0.15) is 0 Å². The molecule has 0 aliphatic rings. The highest BCUT2D eigenvalue weighted by atomic mass is 35.5. The molecular weight excluding hydrogens is 354 g/mol. The van der Waals surface area contributed by atoms with Crippen molar-refractivity contribution in [3.8, 4) is 0 Å². The number of hydrogen-bond acceptors (Lipinski definition) is 3. The van der Waals surface area contributed by atoms with Gasteiger partial charge in [0.2, 0.25) is 5.91 Å². The summed E-state index contributed by atoms with van der Waals surface area (Å²) in [6.07, 6.45) is 0. The number of aromatic nitrogens is 2. The maximum absolute atomic E-state index is 12.3. The molecule has 0 fully saturated rings. The maximum atomic E-state index is 12.3. The van der Waals surface area contributed by atoms with Crippen LogP contribution in [0.15, 0.2) is 53.7 Å². The Hall–Kier alpha value is -1.98. The fourth-order valence-electron chi connectivity index (χ4n) is 2.74. The van der Waals surface area contributed by atoms with E-state index in [-0.39, 0.29) is 11.9 Å². The third-order valence-corrected chi connectivity index (χ3v) is 5.21. The second-order valence-corrected chi connectivity index (χ2v) is 7.14. The fraction of sp³-hybridized carbons (Fsp3) is 0.263. The van der Waals surface area contributed by atoms with Crippen LogP contribution in [0.5, 0.6) is 0 Å². The Morgan fingerprint density at radius 1 is 1.28 bits per heavy atom. The minimum absolute atomic E-state index is 0.0211. The quantitative estimate of drug-likeness (QED) is 0.638. The molecule has 1 atom stereocenters. The summed E-state index contributed by atoms with van der Waals surface area (Å²) < 4.78 is 2.13. The van der Waals surface area contributed by atoms with E-state index in [0.717, 1.165) is 28.3 Å². The summed E-state index contributed by atoms with van der Waals surface area (Å²) in [4.78, 5) is 16.9. The number of halogens is 1. The van der Waals surface area contributed by atoms with Gasteiger partial charge in [-0.25, -0.2) is 4.98 Å². The van der Waals surface area contributed by atoms with Gasteiger partial charge in [-0.15, -0.1) is 0 Å². The Morgan fingerprint density at radius 3 is 2.84 bits per heavy atom. The first kappa shape index (κ1) is 17.8. The summed E-state index contributed by atoms with van der Waals surface area (Å²) in [6.45, 7) is 4.86. The molecule has 1 unspecified atom stereocenters. The van der Waals surface area contributed by atoms with Gasteiger partial charge < -0.3 is 9.88 Å². The Balaban J connectivity index is 1.64. The van der Waals surface area contributed by atoms with Gasteiger partial charge >= 0.3 is 0 Å². The van der Waals surface area contributed by atoms with Crippen molar-refractivity contribution in [2.45, 2.75) is 31.6 Å². The molecular formula is C19H20ClN3OS. The van der Waals surface area contributed by atoms with Crippen molar-refractivity contribution in [1.82, 2.24) is 14.9 Å². The van der Waals surface area contributed by atoms with E-state index in [2.05, 4.69) is 27.9 Å². The molecule has 3 rings (SSSR count). The molecule has 0 spiro atoms. The van der Waals surface area contributed by atoms with Crippen molar-refractivity contribution >= 4 is 40.3 Å². The van der Waals surface area contributed by atoms with Crippen LogP contribution in [0.25, 0.3) is 11.0 Å². The lowest BCUT2D eigenvalue weighted by atomic mass is 10.1. The highest BCUT2D eigenvalue weighted by Gasteiger charge is 2.14. The summed E-state index contributed by atoms with van der Waals surface area (Å²) in [5.41, 5.74) is 3.05. The molecule has 4 nitrogen and oxygen atoms in total. The Labute approximate surface area is 156 Å². The van der Waals surface area contributed by atoms with Gasteiger partial charge in [0.15, 0.2) is 5.16 Å². The number of hydrogen-bond donors (Lipinski definition) is 1. The van der Waals surface area contributed by atoms with E-state index in [0.29, 0.717) is 10.8 Å². The lowest BCUT2D eigenvalue weighted by Gasteiger charge is -2.14. The number of carbonyl (C=O) groups excluding carboxylic acids is 1. The molecule has 2 aromatic carbocycles. The van der Waals surface area contributed by atoms with Crippen molar-refractivity contribution in [2.24, 2.45) is 0 Å². The van der Waals surface area contributed by atoms with E-state index in [1.165, 1.54) is 11.8 Å². The van der Waals surface area contributed by atoms with Gasteiger partial charge in [0.25, 0.3) is 0 Å². The van der Waals surface area contributed by atoms with Crippen LogP contribution >= 0.6 is 23.4 Å². The normalized spacial score (nSPS) is 12.3. The first-order valence-corrected chi connectivity index (χ1v) is 9.57. The summed E-state index contributed by atoms with van der Waals surface area (Å²) in [6, 6.07) is 15.5. The van der Waals surface area contributed by atoms with Crippen LogP contribution in [0.3, 0.4) is 0 Å². The molecule has 1 amide bonds. The maximum Gasteiger partial charge on any atom is 0.230 e. The van der Waals surface area contributed by atoms with Crippen LogP contribution in [-0.4, -0.2) is 21.2 Å². The first-order valence-electron chi connectivity index (χ1n) is 8.21. The zero-order chi connectivity index (χ0) is 17.8. The molecule has 1 aromatic heterocycles. The molecule has 0 bridgehead atoms. The third kappa shape index (κ3) is 4.17. The molecule has 3 aromatic rings. The predicted octanol–water partition coefficient (Wildman–Crippen LogP) is 4.68. The molecule has 0 aliphatic heterocycles. The second-order valence-electron chi connectivity index (χ2n) is 5.76. The van der Waals surface area contributed by atoms with Crippen LogP contribution in [0.2, 0.25) is 5.02 Å². The molecule has 25 heavy (non-hydrogen) atoms. The number of thioether (sulfide) groups is 1. The summed E-state index contributed by atoms with van der Waals surface area (Å²) >= 11 is 7.47. The van der Waals surface area contributed by atoms with Crippen molar-refractivity contribution in [3.05, 3.63) is 59.1 Å². The molecule has 130 valence electrons. The van der Waals surface area contributed by atoms with E-state index in [9.17, 15) is 4.79 Å². The van der Waals surface area contributed by atoms with Gasteiger partial charge in [-0.1, -0.05) is 47.6 Å². The molecule has 0 aliphatic carbocycles. The van der Waals surface area contributed by atoms with E-state index in [1.54, 1.807) is 0 Å². The number of nitrogens with one attached hydrogen (secondary N) is 1. The van der Waals surface area contributed by atoms with Gasteiger partial charge in [-0.3, -0.25) is 4.79 Å². The number of nitrogens with zero attached hydrogens (tertiary/aromatic N) is 2. The number of carbonyl (C=O) groups is 1. The van der Waals surface area contributed by atoms with Gasteiger partial charge in [-0.05, 0) is 43.7 Å². The topological polar surface area (TPSA) is 46.9 Å². The smallest absolute Gasteiger partial charge is 0.230 e. The number of imidazole rings is 1. The van der Waals surface area contributed by atoms with Crippen molar-refractivity contribution < 1.29 is 4.79 Å². The van der Waals surface area contributed by atoms with E-state index in [1.807, 2.05) is 49.4 Å². The third-order valence-electron chi connectivity index (χ3n) is 3.99. The van der Waals surface area contributed by atoms with E-state index in [4.69, 9.17) is 11.6 Å². The van der Waals surface area contributed by atoms with Crippen molar-refractivity contribution in [3.63, 3.8) is 0 Å². The van der Waals surface area contributed by atoms with Gasteiger partial charge in [0, 0.05) is 11.6 Å². The number of benzene rings is 2. The lowest BCUT2D eigenvalue weighted by molar-refractivity contribution is -0.119. The summed E-state index contributed by atoms with van der Waals surface area (Å²) in [7, 11) is 0. The number of amides is 1. The zero-order valence-electron chi connectivity index (χ0n) is 14.2. The minimum atomic E-state index is -0.0863. The summed E-state index contributed by atoms with van der Waals surface area (Å²) in [5.74, 6) is 0.306. The highest BCUT2D eigenvalue weighted by Crippen LogP contribution is 2.24.